The average Bonchev–Trinajstić information content (AvgIpc) is 2.27. The molecular weight excluding hydrogens is 255 g/mol. The zero-order valence-corrected chi connectivity index (χ0v) is 11.1. The van der Waals surface area contributed by atoms with Crippen molar-refractivity contribution in [3.8, 4) is 0 Å². The standard InChI is InChI=1S/C13H18ClFN2O/c1-9-7-13(8-16,2-3-18-9)17-12-5-10(14)4-11(15)6-12/h4-6,9,17H,2-3,7-8,16H2,1H3. The largest absolute Gasteiger partial charge is 0.378 e. The third kappa shape index (κ3) is 3.13. The number of ether oxygens (including phenoxy) is 1. The van der Waals surface area contributed by atoms with Crippen molar-refractivity contribution < 1.29 is 9.13 Å². The highest BCUT2D eigenvalue weighted by Crippen LogP contribution is 2.29. The molecule has 1 heterocycles. The van der Waals surface area contributed by atoms with Crippen molar-refractivity contribution in [3.05, 3.63) is 29.0 Å². The van der Waals surface area contributed by atoms with Gasteiger partial charge in [0.15, 0.2) is 0 Å². The molecule has 1 aromatic rings. The third-order valence-corrected chi connectivity index (χ3v) is 3.54. The van der Waals surface area contributed by atoms with Crippen molar-refractivity contribution in [2.24, 2.45) is 5.73 Å². The molecule has 1 aliphatic heterocycles. The Morgan fingerprint density at radius 2 is 2.33 bits per heavy atom. The highest BCUT2D eigenvalue weighted by molar-refractivity contribution is 6.30. The Hall–Kier alpha value is -0.840. The van der Waals surface area contributed by atoms with E-state index in [0.29, 0.717) is 23.9 Å². The van der Waals surface area contributed by atoms with Crippen LogP contribution in [0.3, 0.4) is 0 Å². The Kier molecular flexibility index (Phi) is 4.10. The van der Waals surface area contributed by atoms with E-state index in [4.69, 9.17) is 22.1 Å². The number of hydrogen-bond donors (Lipinski definition) is 2. The topological polar surface area (TPSA) is 47.3 Å². The lowest BCUT2D eigenvalue weighted by molar-refractivity contribution is 0.000262. The van der Waals surface area contributed by atoms with E-state index >= 15 is 0 Å². The molecule has 3 N–H and O–H groups in total. The molecule has 0 spiro atoms. The predicted molar refractivity (Wildman–Crippen MR) is 71.5 cm³/mol. The summed E-state index contributed by atoms with van der Waals surface area (Å²) in [6.45, 7) is 3.16. The Labute approximate surface area is 111 Å². The van der Waals surface area contributed by atoms with Gasteiger partial charge in [-0.3, -0.25) is 0 Å². The maximum atomic E-state index is 13.3. The van der Waals surface area contributed by atoms with Crippen molar-refractivity contribution in [1.29, 1.82) is 0 Å². The fraction of sp³-hybridized carbons (Fsp3) is 0.538. The molecule has 0 aliphatic carbocycles. The maximum absolute atomic E-state index is 13.3. The summed E-state index contributed by atoms with van der Waals surface area (Å²) in [6, 6.07) is 4.43. The summed E-state index contributed by atoms with van der Waals surface area (Å²) in [5.41, 5.74) is 6.30. The minimum Gasteiger partial charge on any atom is -0.378 e. The van der Waals surface area contributed by atoms with Crippen LogP contribution < -0.4 is 11.1 Å². The van der Waals surface area contributed by atoms with Crippen LogP contribution in [0.25, 0.3) is 0 Å². The Morgan fingerprint density at radius 1 is 1.56 bits per heavy atom. The molecule has 18 heavy (non-hydrogen) atoms. The van der Waals surface area contributed by atoms with Crippen LogP contribution in [0.4, 0.5) is 10.1 Å². The lowest BCUT2D eigenvalue weighted by atomic mass is 9.86. The van der Waals surface area contributed by atoms with Gasteiger partial charge in [-0.2, -0.15) is 0 Å². The quantitative estimate of drug-likeness (QED) is 0.889. The molecule has 0 radical (unpaired) electrons. The molecule has 2 rings (SSSR count). The summed E-state index contributed by atoms with van der Waals surface area (Å²) >= 11 is 5.85. The van der Waals surface area contributed by atoms with Crippen LogP contribution in [0, 0.1) is 5.82 Å². The summed E-state index contributed by atoms with van der Waals surface area (Å²) in [5, 5.41) is 3.71. The van der Waals surface area contributed by atoms with E-state index < -0.39 is 0 Å². The van der Waals surface area contributed by atoms with Crippen LogP contribution in [-0.4, -0.2) is 24.8 Å². The molecular formula is C13H18ClFN2O. The molecule has 1 saturated heterocycles. The van der Waals surface area contributed by atoms with E-state index in [9.17, 15) is 4.39 Å². The first kappa shape index (κ1) is 13.6. The smallest absolute Gasteiger partial charge is 0.126 e. The van der Waals surface area contributed by atoms with Gasteiger partial charge in [-0.25, -0.2) is 4.39 Å². The van der Waals surface area contributed by atoms with E-state index in [0.717, 1.165) is 12.8 Å². The second-order valence-electron chi connectivity index (χ2n) is 4.90. The number of anilines is 1. The lowest BCUT2D eigenvalue weighted by Crippen LogP contribution is -2.51. The van der Waals surface area contributed by atoms with E-state index in [1.54, 1.807) is 6.07 Å². The summed E-state index contributed by atoms with van der Waals surface area (Å²) in [4.78, 5) is 0. The zero-order chi connectivity index (χ0) is 13.2. The van der Waals surface area contributed by atoms with Crippen molar-refractivity contribution in [2.45, 2.75) is 31.4 Å². The molecule has 1 fully saturated rings. The fourth-order valence-electron chi connectivity index (χ4n) is 2.45. The zero-order valence-electron chi connectivity index (χ0n) is 10.4. The van der Waals surface area contributed by atoms with Crippen LogP contribution in [0.2, 0.25) is 5.02 Å². The second kappa shape index (κ2) is 5.43. The highest BCUT2D eigenvalue weighted by Gasteiger charge is 2.34. The Bertz CT molecular complexity index is 409. The summed E-state index contributed by atoms with van der Waals surface area (Å²) in [7, 11) is 0. The molecule has 2 unspecified atom stereocenters. The van der Waals surface area contributed by atoms with Gasteiger partial charge in [0.25, 0.3) is 0 Å². The SMILES string of the molecule is CC1CC(CN)(Nc2cc(F)cc(Cl)c2)CCO1. The van der Waals surface area contributed by atoms with E-state index in [1.165, 1.54) is 12.1 Å². The molecule has 0 amide bonds. The molecule has 3 nitrogen and oxygen atoms in total. The van der Waals surface area contributed by atoms with Crippen LogP contribution in [0.1, 0.15) is 19.8 Å². The molecule has 100 valence electrons. The number of nitrogens with one attached hydrogen (secondary N) is 1. The summed E-state index contributed by atoms with van der Waals surface area (Å²) < 4.78 is 18.8. The van der Waals surface area contributed by atoms with Crippen molar-refractivity contribution >= 4 is 17.3 Å². The minimum atomic E-state index is -0.350. The van der Waals surface area contributed by atoms with Gasteiger partial charge < -0.3 is 15.8 Å². The first-order valence-electron chi connectivity index (χ1n) is 6.09. The summed E-state index contributed by atoms with van der Waals surface area (Å²) in [5.74, 6) is -0.350. The highest BCUT2D eigenvalue weighted by atomic mass is 35.5. The van der Waals surface area contributed by atoms with Crippen LogP contribution in [-0.2, 0) is 4.74 Å². The third-order valence-electron chi connectivity index (χ3n) is 3.32. The van der Waals surface area contributed by atoms with Gasteiger partial charge in [-0.05, 0) is 38.0 Å². The van der Waals surface area contributed by atoms with Crippen molar-refractivity contribution in [2.75, 3.05) is 18.5 Å². The number of hydrogen-bond acceptors (Lipinski definition) is 3. The average molecular weight is 273 g/mol. The number of halogens is 2. The van der Waals surface area contributed by atoms with Crippen molar-refractivity contribution in [1.82, 2.24) is 0 Å². The molecule has 5 heteroatoms. The molecule has 0 bridgehead atoms. The molecule has 0 saturated carbocycles. The summed E-state index contributed by atoms with van der Waals surface area (Å²) in [6.07, 6.45) is 1.76. The molecule has 1 aliphatic rings. The van der Waals surface area contributed by atoms with Gasteiger partial charge in [-0.15, -0.1) is 0 Å². The van der Waals surface area contributed by atoms with Gasteiger partial charge in [0.05, 0.1) is 11.6 Å². The maximum Gasteiger partial charge on any atom is 0.126 e. The normalized spacial score (nSPS) is 28.1. The molecule has 0 aromatic heterocycles. The van der Waals surface area contributed by atoms with E-state index in [2.05, 4.69) is 5.32 Å². The van der Waals surface area contributed by atoms with Crippen molar-refractivity contribution in [3.63, 3.8) is 0 Å². The Morgan fingerprint density at radius 3 is 2.94 bits per heavy atom. The minimum absolute atomic E-state index is 0.152. The first-order valence-corrected chi connectivity index (χ1v) is 6.47. The van der Waals surface area contributed by atoms with Gasteiger partial charge in [0, 0.05) is 23.9 Å². The number of rotatable bonds is 3. The Balaban J connectivity index is 2.18. The van der Waals surface area contributed by atoms with E-state index in [-0.39, 0.29) is 17.5 Å². The van der Waals surface area contributed by atoms with E-state index in [1.807, 2.05) is 6.92 Å². The van der Waals surface area contributed by atoms with Crippen LogP contribution in [0.5, 0.6) is 0 Å². The number of nitrogens with two attached hydrogens (primary N) is 1. The molecule has 1 aromatic carbocycles. The van der Waals surface area contributed by atoms with Gasteiger partial charge in [0.2, 0.25) is 0 Å². The fourth-order valence-corrected chi connectivity index (χ4v) is 2.67. The van der Waals surface area contributed by atoms with Gasteiger partial charge >= 0.3 is 0 Å². The monoisotopic (exact) mass is 272 g/mol. The molecule has 2 atom stereocenters. The first-order chi connectivity index (χ1) is 8.53. The van der Waals surface area contributed by atoms with Gasteiger partial charge in [-0.1, -0.05) is 11.6 Å². The predicted octanol–water partition coefficient (Wildman–Crippen LogP) is 2.79. The van der Waals surface area contributed by atoms with Crippen LogP contribution >= 0.6 is 11.6 Å². The van der Waals surface area contributed by atoms with Gasteiger partial charge in [0.1, 0.15) is 5.82 Å². The lowest BCUT2D eigenvalue weighted by Gasteiger charge is -2.40. The second-order valence-corrected chi connectivity index (χ2v) is 5.34. The van der Waals surface area contributed by atoms with Crippen LogP contribution in [0.15, 0.2) is 18.2 Å². The number of benzene rings is 1.